The maximum Gasteiger partial charge on any atom is 0.147 e. The van der Waals surface area contributed by atoms with Crippen LogP contribution in [0.5, 0.6) is 5.75 Å². The fraction of sp³-hybridized carbons (Fsp3) is 0.300. The van der Waals surface area contributed by atoms with E-state index in [1.807, 2.05) is 42.5 Å². The molecule has 0 bridgehead atoms. The number of aromatic nitrogens is 2. The lowest BCUT2D eigenvalue weighted by atomic mass is 9.85. The topological polar surface area (TPSA) is 58.0 Å². The highest BCUT2D eigenvalue weighted by molar-refractivity contribution is 5.85. The fourth-order valence-corrected chi connectivity index (χ4v) is 2.90. The number of hydrogen-bond donors (Lipinski definition) is 2. The van der Waals surface area contributed by atoms with Gasteiger partial charge in [-0.15, -0.1) is 0 Å². The third-order valence-corrected chi connectivity index (χ3v) is 3.96. The Morgan fingerprint density at radius 3 is 2.50 bits per heavy atom. The zero-order valence-corrected chi connectivity index (χ0v) is 14.3. The van der Waals surface area contributed by atoms with Gasteiger partial charge in [0.2, 0.25) is 0 Å². The molecule has 3 rings (SSSR count). The van der Waals surface area contributed by atoms with E-state index in [2.05, 4.69) is 36.1 Å². The van der Waals surface area contributed by atoms with Crippen LogP contribution in [0.4, 0.5) is 5.82 Å². The van der Waals surface area contributed by atoms with Gasteiger partial charge in [-0.2, -0.15) is 0 Å². The maximum atomic E-state index is 10.8. The number of fused-ring (bicyclic) bond motifs is 1. The van der Waals surface area contributed by atoms with Gasteiger partial charge in [0.05, 0.1) is 6.04 Å². The number of benzene rings is 1. The number of nitrogens with zero attached hydrogens (tertiary/aromatic N) is 2. The Bertz CT molecular complexity index is 825. The molecule has 0 amide bonds. The summed E-state index contributed by atoms with van der Waals surface area (Å²) in [6, 6.07) is 13.5. The molecular formula is C20H23N3O. The minimum Gasteiger partial charge on any atom is -0.505 e. The molecule has 0 saturated carbocycles. The summed E-state index contributed by atoms with van der Waals surface area (Å²) in [6.45, 7) is 6.57. The molecule has 0 radical (unpaired) electrons. The van der Waals surface area contributed by atoms with E-state index in [9.17, 15) is 5.11 Å². The van der Waals surface area contributed by atoms with E-state index in [-0.39, 0.29) is 17.2 Å². The Kier molecular flexibility index (Phi) is 4.38. The molecule has 1 unspecified atom stereocenters. The summed E-state index contributed by atoms with van der Waals surface area (Å²) in [5, 5.41) is 15.2. The van der Waals surface area contributed by atoms with Crippen LogP contribution in [0.1, 0.15) is 38.8 Å². The van der Waals surface area contributed by atoms with Crippen LogP contribution < -0.4 is 5.32 Å². The molecule has 24 heavy (non-hydrogen) atoms. The fourth-order valence-electron chi connectivity index (χ4n) is 2.90. The maximum absolute atomic E-state index is 10.8. The number of phenols is 1. The van der Waals surface area contributed by atoms with Crippen molar-refractivity contribution in [1.29, 1.82) is 0 Å². The van der Waals surface area contributed by atoms with E-state index in [1.165, 1.54) is 0 Å². The van der Waals surface area contributed by atoms with E-state index in [0.717, 1.165) is 23.2 Å². The van der Waals surface area contributed by atoms with Crippen molar-refractivity contribution < 1.29 is 5.11 Å². The van der Waals surface area contributed by atoms with Crippen molar-refractivity contribution in [3.05, 3.63) is 60.4 Å². The van der Waals surface area contributed by atoms with Crippen LogP contribution in [0.2, 0.25) is 0 Å². The van der Waals surface area contributed by atoms with Crippen LogP contribution in [-0.2, 0) is 0 Å². The molecule has 124 valence electrons. The highest BCUT2D eigenvalue weighted by Gasteiger charge is 2.24. The number of aromatic hydroxyl groups is 1. The van der Waals surface area contributed by atoms with Gasteiger partial charge in [0, 0.05) is 23.3 Å². The third kappa shape index (κ3) is 3.65. The molecule has 0 aliphatic rings. The van der Waals surface area contributed by atoms with Gasteiger partial charge in [0.15, 0.2) is 0 Å². The molecular weight excluding hydrogens is 298 g/mol. The molecule has 0 aliphatic heterocycles. The van der Waals surface area contributed by atoms with E-state index in [0.29, 0.717) is 5.52 Å². The predicted molar refractivity (Wildman–Crippen MR) is 98.1 cm³/mol. The molecule has 1 aromatic carbocycles. The normalized spacial score (nSPS) is 13.0. The van der Waals surface area contributed by atoms with Crippen LogP contribution in [-0.4, -0.2) is 15.1 Å². The first kappa shape index (κ1) is 16.2. The minimum atomic E-state index is -0.0497. The standard InChI is InChI=1S/C20H23N3O/c1-20(2,3)13-16(23-17-8-4-5-11-21-17)15-10-9-14-7-6-12-22-18(14)19(15)24/h4-12,16,24H,13H2,1-3H3,(H,21,23). The van der Waals surface area contributed by atoms with Crippen molar-refractivity contribution in [2.75, 3.05) is 5.32 Å². The summed E-state index contributed by atoms with van der Waals surface area (Å²) in [5.74, 6) is 1.04. The highest BCUT2D eigenvalue weighted by atomic mass is 16.3. The molecule has 4 heteroatoms. The number of rotatable bonds is 4. The van der Waals surface area contributed by atoms with E-state index in [4.69, 9.17) is 0 Å². The molecule has 0 saturated heterocycles. The van der Waals surface area contributed by atoms with Gasteiger partial charge in [0.1, 0.15) is 17.1 Å². The largest absolute Gasteiger partial charge is 0.505 e. The van der Waals surface area contributed by atoms with Crippen molar-refractivity contribution in [2.45, 2.75) is 33.2 Å². The average Bonchev–Trinajstić information content (AvgIpc) is 2.55. The van der Waals surface area contributed by atoms with Crippen molar-refractivity contribution in [1.82, 2.24) is 9.97 Å². The quantitative estimate of drug-likeness (QED) is 0.715. The lowest BCUT2D eigenvalue weighted by Gasteiger charge is -2.28. The second-order valence-electron chi connectivity index (χ2n) is 7.26. The number of pyridine rings is 2. The monoisotopic (exact) mass is 321 g/mol. The molecule has 2 N–H and O–H groups in total. The Balaban J connectivity index is 2.03. The molecule has 0 fully saturated rings. The van der Waals surface area contributed by atoms with Gasteiger partial charge >= 0.3 is 0 Å². The highest BCUT2D eigenvalue weighted by Crippen LogP contribution is 2.38. The van der Waals surface area contributed by atoms with Gasteiger partial charge < -0.3 is 10.4 Å². The Labute approximate surface area is 142 Å². The van der Waals surface area contributed by atoms with E-state index >= 15 is 0 Å². The first-order valence-electron chi connectivity index (χ1n) is 8.18. The SMILES string of the molecule is CC(C)(C)CC(Nc1ccccn1)c1ccc2cccnc2c1O. The molecule has 1 atom stereocenters. The summed E-state index contributed by atoms with van der Waals surface area (Å²) < 4.78 is 0. The number of anilines is 1. The van der Waals surface area contributed by atoms with Crippen molar-refractivity contribution >= 4 is 16.7 Å². The zero-order chi connectivity index (χ0) is 17.2. The number of hydrogen-bond acceptors (Lipinski definition) is 4. The predicted octanol–water partition coefficient (Wildman–Crippen LogP) is 4.92. The number of phenolic OH excluding ortho intramolecular Hbond substituents is 1. The molecule has 3 aromatic rings. The van der Waals surface area contributed by atoms with E-state index in [1.54, 1.807) is 12.4 Å². The van der Waals surface area contributed by atoms with Gasteiger partial charge in [-0.3, -0.25) is 4.98 Å². The molecule has 0 spiro atoms. The molecule has 0 aliphatic carbocycles. The van der Waals surface area contributed by atoms with Gasteiger partial charge in [0.25, 0.3) is 0 Å². The summed E-state index contributed by atoms with van der Waals surface area (Å²) in [6.07, 6.45) is 4.32. The molecule has 2 aromatic heterocycles. The van der Waals surface area contributed by atoms with E-state index < -0.39 is 0 Å². The van der Waals surface area contributed by atoms with Gasteiger partial charge in [-0.1, -0.05) is 45.0 Å². The van der Waals surface area contributed by atoms with Crippen LogP contribution in [0.15, 0.2) is 54.9 Å². The minimum absolute atomic E-state index is 0.0497. The first-order chi connectivity index (χ1) is 11.4. The van der Waals surface area contributed by atoms with Crippen molar-refractivity contribution in [3.63, 3.8) is 0 Å². The number of nitrogens with one attached hydrogen (secondary N) is 1. The average molecular weight is 321 g/mol. The first-order valence-corrected chi connectivity index (χ1v) is 8.18. The van der Waals surface area contributed by atoms with Gasteiger partial charge in [-0.05, 0) is 30.0 Å². The summed E-state index contributed by atoms with van der Waals surface area (Å²) in [5.41, 5.74) is 1.58. The molecule has 4 nitrogen and oxygen atoms in total. The second-order valence-corrected chi connectivity index (χ2v) is 7.26. The van der Waals surface area contributed by atoms with Crippen LogP contribution in [0, 0.1) is 5.41 Å². The summed E-state index contributed by atoms with van der Waals surface area (Å²) in [7, 11) is 0. The smallest absolute Gasteiger partial charge is 0.147 e. The lowest BCUT2D eigenvalue weighted by Crippen LogP contribution is -2.19. The van der Waals surface area contributed by atoms with Crippen molar-refractivity contribution in [2.24, 2.45) is 5.41 Å². The van der Waals surface area contributed by atoms with Crippen LogP contribution >= 0.6 is 0 Å². The Morgan fingerprint density at radius 1 is 1.00 bits per heavy atom. The van der Waals surface area contributed by atoms with Crippen LogP contribution in [0.3, 0.4) is 0 Å². The lowest BCUT2D eigenvalue weighted by molar-refractivity contribution is 0.347. The molecule has 2 heterocycles. The van der Waals surface area contributed by atoms with Crippen molar-refractivity contribution in [3.8, 4) is 5.75 Å². The zero-order valence-electron chi connectivity index (χ0n) is 14.3. The van der Waals surface area contributed by atoms with Crippen LogP contribution in [0.25, 0.3) is 10.9 Å². The Hall–Kier alpha value is -2.62. The second kappa shape index (κ2) is 6.48. The Morgan fingerprint density at radius 2 is 1.79 bits per heavy atom. The van der Waals surface area contributed by atoms with Gasteiger partial charge in [-0.25, -0.2) is 4.98 Å². The summed E-state index contributed by atoms with van der Waals surface area (Å²) in [4.78, 5) is 8.69. The summed E-state index contributed by atoms with van der Waals surface area (Å²) >= 11 is 0. The third-order valence-electron chi connectivity index (χ3n) is 3.96.